The Morgan fingerprint density at radius 3 is 2.48 bits per heavy atom. The van der Waals surface area contributed by atoms with Gasteiger partial charge in [-0.15, -0.1) is 0 Å². The van der Waals surface area contributed by atoms with Crippen molar-refractivity contribution in [1.29, 1.82) is 0 Å². The van der Waals surface area contributed by atoms with Crippen molar-refractivity contribution in [3.63, 3.8) is 0 Å². The molecule has 1 aliphatic carbocycles. The summed E-state index contributed by atoms with van der Waals surface area (Å²) in [6, 6.07) is 0. The molecule has 0 radical (unpaired) electrons. The van der Waals surface area contributed by atoms with Gasteiger partial charge in [-0.05, 0) is 44.4 Å². The van der Waals surface area contributed by atoms with E-state index >= 15 is 0 Å². The van der Waals surface area contributed by atoms with Crippen LogP contribution in [0.3, 0.4) is 0 Å². The molecule has 0 heterocycles. The molecule has 0 saturated heterocycles. The third-order valence-electron chi connectivity index (χ3n) is 4.41. The number of hydrogen-bond acceptors (Lipinski definition) is 4. The van der Waals surface area contributed by atoms with Crippen LogP contribution in [0.25, 0.3) is 0 Å². The van der Waals surface area contributed by atoms with Crippen LogP contribution in [0.15, 0.2) is 0 Å². The normalized spacial score (nSPS) is 25.4. The van der Waals surface area contributed by atoms with E-state index in [0.717, 1.165) is 19.3 Å². The Kier molecular flexibility index (Phi) is 6.65. The van der Waals surface area contributed by atoms with E-state index < -0.39 is 17.4 Å². The zero-order chi connectivity index (χ0) is 16.0. The highest BCUT2D eigenvalue weighted by molar-refractivity contribution is 5.99. The number of carboxylic acid groups (broad SMARTS) is 1. The Morgan fingerprint density at radius 2 is 2.00 bits per heavy atom. The lowest BCUT2D eigenvalue weighted by Gasteiger charge is -2.40. The predicted octanol–water partition coefficient (Wildman–Crippen LogP) is 2.87. The van der Waals surface area contributed by atoms with E-state index in [1.807, 2.05) is 13.8 Å². The second-order valence-electron chi connectivity index (χ2n) is 6.32. The summed E-state index contributed by atoms with van der Waals surface area (Å²) in [7, 11) is 1.64. The van der Waals surface area contributed by atoms with Gasteiger partial charge in [-0.3, -0.25) is 9.59 Å². The number of carboxylic acids is 1. The summed E-state index contributed by atoms with van der Waals surface area (Å²) in [6.45, 7) is 5.78. The fourth-order valence-electron chi connectivity index (χ4n) is 3.48. The maximum Gasteiger partial charge on any atom is 0.323 e. The highest BCUT2D eigenvalue weighted by Crippen LogP contribution is 2.45. The van der Waals surface area contributed by atoms with E-state index in [4.69, 9.17) is 9.47 Å². The fraction of sp³-hybridized carbons (Fsp3) is 0.875. The maximum atomic E-state index is 12.5. The zero-order valence-electron chi connectivity index (χ0n) is 13.6. The third-order valence-corrected chi connectivity index (χ3v) is 4.41. The summed E-state index contributed by atoms with van der Waals surface area (Å²) in [5.74, 6) is -1.77. The van der Waals surface area contributed by atoms with Crippen LogP contribution in [0, 0.1) is 17.3 Å². The van der Waals surface area contributed by atoms with Gasteiger partial charge in [-0.25, -0.2) is 0 Å². The van der Waals surface area contributed by atoms with E-state index in [2.05, 4.69) is 0 Å². The Balaban J connectivity index is 3.14. The Bertz CT molecular complexity index is 366. The molecule has 5 nitrogen and oxygen atoms in total. The van der Waals surface area contributed by atoms with Crippen LogP contribution < -0.4 is 0 Å². The largest absolute Gasteiger partial charge is 0.480 e. The summed E-state index contributed by atoms with van der Waals surface area (Å²) in [5, 5.41) is 9.84. The molecule has 0 aromatic heterocycles. The van der Waals surface area contributed by atoms with Gasteiger partial charge >= 0.3 is 11.9 Å². The van der Waals surface area contributed by atoms with Gasteiger partial charge in [0, 0.05) is 7.11 Å². The number of carbonyl (C=O) groups excluding carboxylic acids is 1. The van der Waals surface area contributed by atoms with Crippen LogP contribution in [0.1, 0.15) is 52.9 Å². The average molecular weight is 300 g/mol. The van der Waals surface area contributed by atoms with Crippen LogP contribution in [0.2, 0.25) is 0 Å². The van der Waals surface area contributed by atoms with E-state index in [0.29, 0.717) is 12.8 Å². The van der Waals surface area contributed by atoms with E-state index in [1.54, 1.807) is 14.0 Å². The fourth-order valence-corrected chi connectivity index (χ4v) is 3.48. The van der Waals surface area contributed by atoms with Gasteiger partial charge in [0.2, 0.25) is 0 Å². The molecule has 0 aromatic carbocycles. The lowest BCUT2D eigenvalue weighted by molar-refractivity contribution is -0.177. The molecule has 1 fully saturated rings. The Labute approximate surface area is 127 Å². The maximum absolute atomic E-state index is 12.5. The SMILES string of the molecule is CCOC(=O)C(CC(C)C)(C(=O)O)C1CCCC(OC)C1. The van der Waals surface area contributed by atoms with Crippen LogP contribution in [-0.4, -0.2) is 36.9 Å². The molecule has 122 valence electrons. The topological polar surface area (TPSA) is 72.8 Å². The number of aliphatic carboxylic acids is 1. The van der Waals surface area contributed by atoms with Gasteiger partial charge in [0.25, 0.3) is 0 Å². The first-order chi connectivity index (χ1) is 9.88. The van der Waals surface area contributed by atoms with Crippen molar-refractivity contribution in [3.05, 3.63) is 0 Å². The average Bonchev–Trinajstić information content (AvgIpc) is 2.44. The number of carbonyl (C=O) groups is 2. The van der Waals surface area contributed by atoms with Crippen molar-refractivity contribution in [2.45, 2.75) is 59.0 Å². The number of ether oxygens (including phenoxy) is 2. The Hall–Kier alpha value is -1.10. The third kappa shape index (κ3) is 3.96. The smallest absolute Gasteiger partial charge is 0.323 e. The minimum absolute atomic E-state index is 0.0315. The quantitative estimate of drug-likeness (QED) is 0.578. The molecule has 0 spiro atoms. The lowest BCUT2D eigenvalue weighted by atomic mass is 9.64. The minimum atomic E-state index is -1.44. The molecule has 21 heavy (non-hydrogen) atoms. The van der Waals surface area contributed by atoms with Crippen molar-refractivity contribution in [2.75, 3.05) is 13.7 Å². The number of rotatable bonds is 7. The standard InChI is InChI=1S/C16H28O5/c1-5-21-15(19)16(14(17)18,10-11(2)3)12-7-6-8-13(9-12)20-4/h11-13H,5-10H2,1-4H3,(H,17,18). The van der Waals surface area contributed by atoms with Crippen molar-refractivity contribution in [2.24, 2.45) is 17.3 Å². The number of hydrogen-bond donors (Lipinski definition) is 1. The predicted molar refractivity (Wildman–Crippen MR) is 78.9 cm³/mol. The zero-order valence-corrected chi connectivity index (χ0v) is 13.6. The molecule has 0 aliphatic heterocycles. The first kappa shape index (κ1) is 18.0. The van der Waals surface area contributed by atoms with Crippen LogP contribution in [-0.2, 0) is 19.1 Å². The van der Waals surface area contributed by atoms with Crippen molar-refractivity contribution >= 4 is 11.9 Å². The first-order valence-electron chi connectivity index (χ1n) is 7.81. The molecular formula is C16H28O5. The van der Waals surface area contributed by atoms with E-state index in [9.17, 15) is 14.7 Å². The van der Waals surface area contributed by atoms with Crippen LogP contribution >= 0.6 is 0 Å². The second kappa shape index (κ2) is 7.78. The van der Waals surface area contributed by atoms with Crippen molar-refractivity contribution < 1.29 is 24.2 Å². The van der Waals surface area contributed by atoms with Gasteiger partial charge in [0.1, 0.15) is 0 Å². The molecule has 0 amide bonds. The van der Waals surface area contributed by atoms with Gasteiger partial charge in [0.05, 0.1) is 12.7 Å². The number of methoxy groups -OCH3 is 1. The monoisotopic (exact) mass is 300 g/mol. The summed E-state index contributed by atoms with van der Waals surface area (Å²) >= 11 is 0. The van der Waals surface area contributed by atoms with Crippen molar-refractivity contribution in [3.8, 4) is 0 Å². The van der Waals surface area contributed by atoms with Crippen molar-refractivity contribution in [1.82, 2.24) is 0 Å². The lowest BCUT2D eigenvalue weighted by Crippen LogP contribution is -2.49. The summed E-state index contributed by atoms with van der Waals surface area (Å²) in [4.78, 5) is 24.5. The summed E-state index contributed by atoms with van der Waals surface area (Å²) in [5.41, 5.74) is -1.44. The van der Waals surface area contributed by atoms with Gasteiger partial charge in [-0.1, -0.05) is 20.3 Å². The molecule has 1 rings (SSSR count). The van der Waals surface area contributed by atoms with E-state index in [-0.39, 0.29) is 24.5 Å². The molecule has 5 heteroatoms. The molecular weight excluding hydrogens is 272 g/mol. The molecule has 1 N–H and O–H groups in total. The highest BCUT2D eigenvalue weighted by Gasteiger charge is 2.54. The van der Waals surface area contributed by atoms with Gasteiger partial charge in [0.15, 0.2) is 5.41 Å². The van der Waals surface area contributed by atoms with Gasteiger partial charge < -0.3 is 14.6 Å². The molecule has 1 saturated carbocycles. The molecule has 0 bridgehead atoms. The first-order valence-corrected chi connectivity index (χ1v) is 7.81. The molecule has 1 aliphatic rings. The molecule has 3 unspecified atom stereocenters. The second-order valence-corrected chi connectivity index (χ2v) is 6.32. The summed E-state index contributed by atoms with van der Waals surface area (Å²) < 4.78 is 10.5. The highest BCUT2D eigenvalue weighted by atomic mass is 16.5. The minimum Gasteiger partial charge on any atom is -0.480 e. The summed E-state index contributed by atoms with van der Waals surface area (Å²) in [6.07, 6.45) is 3.49. The Morgan fingerprint density at radius 1 is 1.33 bits per heavy atom. The van der Waals surface area contributed by atoms with Crippen LogP contribution in [0.5, 0.6) is 0 Å². The van der Waals surface area contributed by atoms with Gasteiger partial charge in [-0.2, -0.15) is 0 Å². The van der Waals surface area contributed by atoms with E-state index in [1.165, 1.54) is 0 Å². The number of esters is 1. The molecule has 0 aromatic rings. The molecule has 3 atom stereocenters. The van der Waals surface area contributed by atoms with Crippen LogP contribution in [0.4, 0.5) is 0 Å².